The molecule has 1 aromatic carbocycles. The standard InChI is InChI=1S/C14H16BClFNO2/c1-13(2)14(3,4)20-15(19-13)12-6-8-5-10(17)9(16)7-11(8)18-12/h5-7,18H,1-4H3. The van der Waals surface area contributed by atoms with E-state index in [9.17, 15) is 4.39 Å². The third-order valence-corrected chi connectivity index (χ3v) is 4.48. The first-order valence-corrected chi connectivity index (χ1v) is 6.91. The molecular weight excluding hydrogens is 279 g/mol. The minimum atomic E-state index is -0.491. The molecule has 1 saturated heterocycles. The number of fused-ring (bicyclic) bond motifs is 1. The van der Waals surface area contributed by atoms with Crippen molar-refractivity contribution in [1.82, 2.24) is 4.98 Å². The number of hydrogen-bond donors (Lipinski definition) is 1. The van der Waals surface area contributed by atoms with Crippen molar-refractivity contribution < 1.29 is 13.7 Å². The molecule has 1 N–H and O–H groups in total. The van der Waals surface area contributed by atoms with Crippen LogP contribution in [-0.4, -0.2) is 23.3 Å². The van der Waals surface area contributed by atoms with Crippen molar-refractivity contribution in [3.05, 3.63) is 29.0 Å². The molecule has 1 fully saturated rings. The first kappa shape index (κ1) is 13.9. The highest BCUT2D eigenvalue weighted by molar-refractivity contribution is 6.61. The van der Waals surface area contributed by atoms with Gasteiger partial charge in [-0.3, -0.25) is 0 Å². The number of aromatic amines is 1. The molecule has 3 nitrogen and oxygen atoms in total. The molecule has 0 saturated carbocycles. The summed E-state index contributed by atoms with van der Waals surface area (Å²) in [6.07, 6.45) is 0. The summed E-state index contributed by atoms with van der Waals surface area (Å²) in [4.78, 5) is 3.18. The second-order valence-electron chi connectivity index (χ2n) is 6.17. The zero-order valence-electron chi connectivity index (χ0n) is 11.9. The number of benzene rings is 1. The zero-order valence-corrected chi connectivity index (χ0v) is 12.6. The Balaban J connectivity index is 2.00. The molecule has 0 bridgehead atoms. The second-order valence-corrected chi connectivity index (χ2v) is 6.57. The van der Waals surface area contributed by atoms with Crippen molar-refractivity contribution in [1.29, 1.82) is 0 Å². The number of rotatable bonds is 1. The van der Waals surface area contributed by atoms with Crippen LogP contribution in [0.1, 0.15) is 27.7 Å². The van der Waals surface area contributed by atoms with Crippen LogP contribution in [-0.2, 0) is 9.31 Å². The van der Waals surface area contributed by atoms with Crippen LogP contribution in [0.2, 0.25) is 5.02 Å². The van der Waals surface area contributed by atoms with E-state index >= 15 is 0 Å². The Morgan fingerprint density at radius 3 is 2.30 bits per heavy atom. The molecule has 0 amide bonds. The van der Waals surface area contributed by atoms with Gasteiger partial charge in [-0.2, -0.15) is 0 Å². The lowest BCUT2D eigenvalue weighted by molar-refractivity contribution is 0.00578. The second kappa shape index (κ2) is 4.23. The topological polar surface area (TPSA) is 34.2 Å². The third kappa shape index (κ3) is 2.05. The van der Waals surface area contributed by atoms with E-state index in [1.165, 1.54) is 6.07 Å². The maximum Gasteiger partial charge on any atom is 0.512 e. The van der Waals surface area contributed by atoms with E-state index in [0.717, 1.165) is 16.5 Å². The number of nitrogens with one attached hydrogen (secondary N) is 1. The molecule has 0 radical (unpaired) electrons. The summed E-state index contributed by atoms with van der Waals surface area (Å²) in [6.45, 7) is 7.97. The molecule has 6 heteroatoms. The summed E-state index contributed by atoms with van der Waals surface area (Å²) in [6, 6.07) is 4.81. The SMILES string of the molecule is CC1(C)OB(c2cc3cc(F)c(Cl)cc3[nH]2)OC1(C)C. The molecule has 0 aliphatic carbocycles. The highest BCUT2D eigenvalue weighted by atomic mass is 35.5. The van der Waals surface area contributed by atoms with Gasteiger partial charge in [0.1, 0.15) is 5.82 Å². The van der Waals surface area contributed by atoms with E-state index in [4.69, 9.17) is 20.9 Å². The lowest BCUT2D eigenvalue weighted by Gasteiger charge is -2.32. The third-order valence-electron chi connectivity index (χ3n) is 4.19. The Kier molecular flexibility index (Phi) is 2.94. The molecule has 0 atom stereocenters. The quantitative estimate of drug-likeness (QED) is 0.819. The molecule has 106 valence electrons. The first-order valence-electron chi connectivity index (χ1n) is 6.53. The summed E-state index contributed by atoms with van der Waals surface area (Å²) in [5.74, 6) is -0.432. The largest absolute Gasteiger partial charge is 0.512 e. The molecule has 3 rings (SSSR count). The highest BCUT2D eigenvalue weighted by Gasteiger charge is 2.52. The Bertz CT molecular complexity index is 628. The van der Waals surface area contributed by atoms with Gasteiger partial charge in [-0.05, 0) is 45.9 Å². The van der Waals surface area contributed by atoms with Crippen LogP contribution in [0.5, 0.6) is 0 Å². The number of hydrogen-bond acceptors (Lipinski definition) is 2. The molecule has 0 unspecified atom stereocenters. The van der Waals surface area contributed by atoms with Gasteiger partial charge in [-0.25, -0.2) is 4.39 Å². The fraction of sp³-hybridized carbons (Fsp3) is 0.429. The Hall–Kier alpha value is -1.04. The van der Waals surface area contributed by atoms with Gasteiger partial charge in [0.15, 0.2) is 0 Å². The van der Waals surface area contributed by atoms with Crippen LogP contribution in [0.4, 0.5) is 4.39 Å². The molecule has 2 heterocycles. The smallest absolute Gasteiger partial charge is 0.398 e. The van der Waals surface area contributed by atoms with Crippen molar-refractivity contribution in [3.8, 4) is 0 Å². The predicted molar refractivity (Wildman–Crippen MR) is 79.0 cm³/mol. The van der Waals surface area contributed by atoms with Gasteiger partial charge in [0.25, 0.3) is 0 Å². The summed E-state index contributed by atoms with van der Waals surface area (Å²) in [5, 5.41) is 0.844. The molecule has 2 aromatic rings. The zero-order chi connectivity index (χ0) is 14.7. The number of halogens is 2. The van der Waals surface area contributed by atoms with Gasteiger partial charge in [-0.1, -0.05) is 11.6 Å². The van der Waals surface area contributed by atoms with Crippen LogP contribution in [0.15, 0.2) is 18.2 Å². The molecule has 1 aliphatic rings. The fourth-order valence-electron chi connectivity index (χ4n) is 2.25. The van der Waals surface area contributed by atoms with E-state index in [1.54, 1.807) is 6.07 Å². The van der Waals surface area contributed by atoms with E-state index < -0.39 is 24.1 Å². The van der Waals surface area contributed by atoms with Gasteiger partial charge in [-0.15, -0.1) is 0 Å². The summed E-state index contributed by atoms with van der Waals surface area (Å²) < 4.78 is 25.4. The Morgan fingerprint density at radius 2 is 1.70 bits per heavy atom. The van der Waals surface area contributed by atoms with Gasteiger partial charge in [0, 0.05) is 16.5 Å². The van der Waals surface area contributed by atoms with E-state index in [0.29, 0.717) is 0 Å². The first-order chi connectivity index (χ1) is 9.19. The van der Waals surface area contributed by atoms with Crippen molar-refractivity contribution in [3.63, 3.8) is 0 Å². The monoisotopic (exact) mass is 295 g/mol. The molecule has 1 aromatic heterocycles. The summed E-state index contributed by atoms with van der Waals surface area (Å²) >= 11 is 5.79. The minimum Gasteiger partial charge on any atom is -0.398 e. The van der Waals surface area contributed by atoms with Crippen LogP contribution >= 0.6 is 11.6 Å². The van der Waals surface area contributed by atoms with Gasteiger partial charge in [0.2, 0.25) is 0 Å². The lowest BCUT2D eigenvalue weighted by Crippen LogP contribution is -2.41. The molecular formula is C14H16BClFNO2. The lowest BCUT2D eigenvalue weighted by atomic mass is 9.85. The average Bonchev–Trinajstić information content (AvgIpc) is 2.79. The highest BCUT2D eigenvalue weighted by Crippen LogP contribution is 2.36. The van der Waals surface area contributed by atoms with Crippen LogP contribution in [0.3, 0.4) is 0 Å². The van der Waals surface area contributed by atoms with Crippen LogP contribution < -0.4 is 5.59 Å². The van der Waals surface area contributed by atoms with E-state index in [-0.39, 0.29) is 5.02 Å². The van der Waals surface area contributed by atoms with E-state index in [2.05, 4.69) is 4.98 Å². The van der Waals surface area contributed by atoms with Crippen molar-refractivity contribution in [2.45, 2.75) is 38.9 Å². The molecule has 1 aliphatic heterocycles. The maximum absolute atomic E-state index is 13.5. The van der Waals surface area contributed by atoms with Crippen molar-refractivity contribution >= 4 is 35.2 Å². The Morgan fingerprint density at radius 1 is 1.10 bits per heavy atom. The van der Waals surface area contributed by atoms with Crippen molar-refractivity contribution in [2.24, 2.45) is 0 Å². The normalized spacial score (nSPS) is 20.8. The summed E-state index contributed by atoms with van der Waals surface area (Å²) in [5.41, 5.74) is 0.719. The average molecular weight is 296 g/mol. The summed E-state index contributed by atoms with van der Waals surface area (Å²) in [7, 11) is -0.491. The van der Waals surface area contributed by atoms with Gasteiger partial charge in [0.05, 0.1) is 16.2 Å². The van der Waals surface area contributed by atoms with Gasteiger partial charge < -0.3 is 14.3 Å². The van der Waals surface area contributed by atoms with Crippen molar-refractivity contribution in [2.75, 3.05) is 0 Å². The maximum atomic E-state index is 13.5. The molecule has 20 heavy (non-hydrogen) atoms. The van der Waals surface area contributed by atoms with Gasteiger partial charge >= 0.3 is 7.12 Å². The number of aromatic nitrogens is 1. The predicted octanol–water partition coefficient (Wildman–Crippen LogP) is 3.26. The van der Waals surface area contributed by atoms with Crippen LogP contribution in [0, 0.1) is 5.82 Å². The Labute approximate surface area is 122 Å². The van der Waals surface area contributed by atoms with E-state index in [1.807, 2.05) is 33.8 Å². The minimum absolute atomic E-state index is 0.0971. The number of H-pyrrole nitrogens is 1. The van der Waals surface area contributed by atoms with Crippen LogP contribution in [0.25, 0.3) is 10.9 Å². The fourth-order valence-corrected chi connectivity index (χ4v) is 2.41. The molecule has 0 spiro atoms.